The minimum absolute atomic E-state index is 0.163. The van der Waals surface area contributed by atoms with Crippen LogP contribution < -0.4 is 36.4 Å². The summed E-state index contributed by atoms with van der Waals surface area (Å²) in [7, 11) is 0. The molecular formula is C41H62Cl2N8O8. The van der Waals surface area contributed by atoms with Gasteiger partial charge in [0.15, 0.2) is 11.6 Å². The molecular weight excluding hydrogens is 803 g/mol. The molecule has 2 fully saturated rings. The fourth-order valence-electron chi connectivity index (χ4n) is 6.62. The Kier molecular flexibility index (Phi) is 15.0. The van der Waals surface area contributed by atoms with E-state index in [0.717, 1.165) is 0 Å². The number of piperidine rings is 2. The second-order valence-corrected chi connectivity index (χ2v) is 19.7. The molecule has 328 valence electrons. The van der Waals surface area contributed by atoms with Crippen LogP contribution in [0.4, 0.5) is 42.2 Å². The molecule has 2 aromatic rings. The molecule has 4 unspecified atom stereocenters. The van der Waals surface area contributed by atoms with Crippen LogP contribution >= 0.6 is 23.2 Å². The van der Waals surface area contributed by atoms with E-state index in [1.54, 1.807) is 83.1 Å². The number of aromatic nitrogens is 1. The largest absolute Gasteiger partial charge is 0.444 e. The maximum atomic E-state index is 13.1. The monoisotopic (exact) mass is 864 g/mol. The van der Waals surface area contributed by atoms with Gasteiger partial charge in [-0.15, -0.1) is 0 Å². The quantitative estimate of drug-likeness (QED) is 0.161. The summed E-state index contributed by atoms with van der Waals surface area (Å²) in [5, 5.41) is 15.5. The fraction of sp³-hybridized carbons (Fsp3) is 0.634. The van der Waals surface area contributed by atoms with Crippen LogP contribution in [0.1, 0.15) is 95.9 Å². The van der Waals surface area contributed by atoms with Crippen LogP contribution in [0.5, 0.6) is 0 Å². The van der Waals surface area contributed by atoms with Crippen molar-refractivity contribution < 1.29 is 38.1 Å². The van der Waals surface area contributed by atoms with Gasteiger partial charge in [0.2, 0.25) is 0 Å². The summed E-state index contributed by atoms with van der Waals surface area (Å²) in [6, 6.07) is 7.20. The van der Waals surface area contributed by atoms with E-state index in [-0.39, 0.29) is 42.0 Å². The van der Waals surface area contributed by atoms with E-state index >= 15 is 0 Å². The highest BCUT2D eigenvalue weighted by atomic mass is 35.5. The number of amides is 4. The van der Waals surface area contributed by atoms with Crippen LogP contribution in [0, 0.1) is 0 Å². The first-order chi connectivity index (χ1) is 27.1. The molecule has 0 radical (unpaired) electrons. The highest BCUT2D eigenvalue weighted by Crippen LogP contribution is 2.45. The van der Waals surface area contributed by atoms with Crippen molar-refractivity contribution in [3.05, 3.63) is 40.4 Å². The molecule has 0 bridgehead atoms. The Bertz CT molecular complexity index is 1730. The molecule has 4 rings (SSSR count). The molecule has 2 aliphatic rings. The summed E-state index contributed by atoms with van der Waals surface area (Å²) >= 11 is 14.7. The van der Waals surface area contributed by atoms with Crippen LogP contribution in [0.15, 0.2) is 30.3 Å². The van der Waals surface area contributed by atoms with Gasteiger partial charge in [-0.2, -0.15) is 0 Å². The number of nitrogens with zero attached hydrogens (tertiary/aromatic N) is 3. The zero-order chi connectivity index (χ0) is 44.1. The van der Waals surface area contributed by atoms with Crippen LogP contribution in [-0.4, -0.2) is 102 Å². The molecule has 4 amide bonds. The summed E-state index contributed by atoms with van der Waals surface area (Å²) in [6.45, 7) is 22.2. The van der Waals surface area contributed by atoms with Gasteiger partial charge in [-0.25, -0.2) is 24.2 Å². The molecule has 4 atom stereocenters. The van der Waals surface area contributed by atoms with Gasteiger partial charge in [0, 0.05) is 31.9 Å². The van der Waals surface area contributed by atoms with Crippen molar-refractivity contribution in [3.8, 4) is 0 Å². The number of halogens is 2. The van der Waals surface area contributed by atoms with E-state index in [1.165, 1.54) is 0 Å². The molecule has 1 aromatic carbocycles. The van der Waals surface area contributed by atoms with Gasteiger partial charge in [-0.3, -0.25) is 0 Å². The first-order valence-corrected chi connectivity index (χ1v) is 20.6. The van der Waals surface area contributed by atoms with E-state index in [2.05, 4.69) is 26.6 Å². The number of hydrogen-bond donors (Lipinski definition) is 5. The van der Waals surface area contributed by atoms with Gasteiger partial charge in [-0.05, 0) is 108 Å². The third-order valence-corrected chi connectivity index (χ3v) is 9.18. The zero-order valence-corrected chi connectivity index (χ0v) is 37.8. The Morgan fingerprint density at radius 3 is 1.24 bits per heavy atom. The Hall–Kier alpha value is -4.57. The number of rotatable bonds is 8. The minimum Gasteiger partial charge on any atom is -0.444 e. The van der Waals surface area contributed by atoms with Gasteiger partial charge in [0.1, 0.15) is 32.4 Å². The van der Waals surface area contributed by atoms with Crippen molar-refractivity contribution in [2.24, 2.45) is 0 Å². The lowest BCUT2D eigenvalue weighted by Gasteiger charge is -2.42. The second-order valence-electron chi connectivity index (χ2n) is 18.9. The third kappa shape index (κ3) is 15.5. The summed E-state index contributed by atoms with van der Waals surface area (Å²) in [6.07, 6.45) is -1.80. The number of carbonyl (C=O) groups is 4. The van der Waals surface area contributed by atoms with Crippen molar-refractivity contribution >= 4 is 70.6 Å². The van der Waals surface area contributed by atoms with E-state index < -0.39 is 70.9 Å². The smallest absolute Gasteiger partial charge is 0.407 e. The number of pyridine rings is 1. The first-order valence-electron chi connectivity index (χ1n) is 19.8. The van der Waals surface area contributed by atoms with Crippen LogP contribution in [0.3, 0.4) is 0 Å². The number of benzene rings is 1. The molecule has 3 heterocycles. The molecule has 0 aliphatic carbocycles. The van der Waals surface area contributed by atoms with Crippen molar-refractivity contribution in [1.29, 1.82) is 0 Å². The van der Waals surface area contributed by atoms with Gasteiger partial charge in [0.25, 0.3) is 0 Å². The molecule has 18 heteroatoms. The van der Waals surface area contributed by atoms with E-state index in [9.17, 15) is 19.2 Å². The van der Waals surface area contributed by atoms with Gasteiger partial charge < -0.3 is 55.3 Å². The molecule has 59 heavy (non-hydrogen) atoms. The summed E-state index contributed by atoms with van der Waals surface area (Å²) in [5.41, 5.74) is -1.93. The van der Waals surface area contributed by atoms with E-state index in [4.69, 9.17) is 47.1 Å². The lowest BCUT2D eigenvalue weighted by atomic mass is 9.99. The van der Waals surface area contributed by atoms with Crippen LogP contribution in [0.2, 0.25) is 10.0 Å². The molecule has 16 nitrogen and oxygen atoms in total. The number of anilines is 4. The normalized spacial score (nSPS) is 20.2. The first kappa shape index (κ1) is 47.1. The Morgan fingerprint density at radius 1 is 0.559 bits per heavy atom. The zero-order valence-electron chi connectivity index (χ0n) is 36.3. The Balaban J connectivity index is 1.81. The highest BCUT2D eigenvalue weighted by molar-refractivity contribution is 6.42. The number of para-hydroxylation sites is 1. The lowest BCUT2D eigenvalue weighted by Crippen LogP contribution is -2.58. The number of nitrogens with one attached hydrogen (secondary N) is 5. The average Bonchev–Trinajstić information content (AvgIpc) is 3.02. The number of carbonyl (C=O) groups excluding carboxylic acids is 4. The molecule has 1 aromatic heterocycles. The molecule has 0 saturated carbocycles. The van der Waals surface area contributed by atoms with Crippen LogP contribution in [-0.2, 0) is 18.9 Å². The van der Waals surface area contributed by atoms with Crippen molar-refractivity contribution in [1.82, 2.24) is 26.3 Å². The maximum absolute atomic E-state index is 13.1. The number of alkyl carbamates (subject to hydrolysis) is 4. The summed E-state index contributed by atoms with van der Waals surface area (Å²) in [4.78, 5) is 61.0. The number of hydrogen-bond acceptors (Lipinski definition) is 12. The maximum Gasteiger partial charge on any atom is 0.407 e. The fourth-order valence-corrected chi connectivity index (χ4v) is 7.34. The van der Waals surface area contributed by atoms with E-state index in [0.29, 0.717) is 30.0 Å². The van der Waals surface area contributed by atoms with Gasteiger partial charge >= 0.3 is 24.4 Å². The second kappa shape index (κ2) is 18.8. The Labute approximate surface area is 358 Å². The molecule has 2 aliphatic heterocycles. The minimum atomic E-state index is -0.752. The van der Waals surface area contributed by atoms with Crippen LogP contribution in [0.25, 0.3) is 0 Å². The van der Waals surface area contributed by atoms with Gasteiger partial charge in [0.05, 0.1) is 29.9 Å². The predicted octanol–water partition coefficient (Wildman–Crippen LogP) is 8.13. The number of ether oxygens (including phenoxy) is 4. The third-order valence-electron chi connectivity index (χ3n) is 8.47. The van der Waals surface area contributed by atoms with Crippen molar-refractivity contribution in [3.63, 3.8) is 0 Å². The molecule has 0 spiro atoms. The topological polar surface area (TPSA) is 185 Å². The predicted molar refractivity (Wildman–Crippen MR) is 230 cm³/mol. The van der Waals surface area contributed by atoms with E-state index in [1.807, 2.05) is 40.1 Å². The summed E-state index contributed by atoms with van der Waals surface area (Å²) in [5.74, 6) is 0.570. The van der Waals surface area contributed by atoms with Gasteiger partial charge in [-0.1, -0.05) is 41.4 Å². The Morgan fingerprint density at radius 2 is 0.898 bits per heavy atom. The summed E-state index contributed by atoms with van der Waals surface area (Å²) < 4.78 is 22.3. The van der Waals surface area contributed by atoms with Crippen molar-refractivity contribution in [2.75, 3.05) is 41.3 Å². The SMILES string of the molecule is CC(C)(C)OC(=O)NC1CC(NC(=O)OC(C)(C)C)CN(c2nc(Nc3ccccc3)c(Cl)c(N3CC(NC(=O)OC(C)(C)C)CC(NC(=O)OC(C)(C)C)C3)c2Cl)C1. The highest BCUT2D eigenvalue weighted by Gasteiger charge is 2.38. The van der Waals surface area contributed by atoms with Crippen molar-refractivity contribution in [2.45, 2.75) is 142 Å². The standard InChI is InChI=1S/C41H62Cl2N8O8/c1-38(2,3)56-34(52)45-25-18-26(46-35(53)57-39(4,5)6)21-50(20-25)31-29(42)32(44-24-16-14-13-15-17-24)49-33(30(31)43)51-22-27(47-36(54)58-40(7,8)9)19-28(23-51)48-37(55)59-41(10,11)12/h13-17,25-28H,18-23H2,1-12H3,(H,44,49)(H,45,52)(H,46,53)(H,47,54)(H,48,55). The molecule has 2 saturated heterocycles. The molecule has 5 N–H and O–H groups in total. The average molecular weight is 866 g/mol. The lowest BCUT2D eigenvalue weighted by molar-refractivity contribution is 0.0452.